The average molecular weight is 359 g/mol. The van der Waals surface area contributed by atoms with E-state index in [1.807, 2.05) is 24.3 Å². The highest BCUT2D eigenvalue weighted by molar-refractivity contribution is 7.22. The Bertz CT molecular complexity index is 864. The van der Waals surface area contributed by atoms with E-state index in [0.29, 0.717) is 13.2 Å². The number of hydrogen-bond donors (Lipinski definition) is 1. The topological polar surface area (TPSA) is 86.5 Å². The van der Waals surface area contributed by atoms with Crippen LogP contribution in [0.2, 0.25) is 0 Å². The van der Waals surface area contributed by atoms with Crippen molar-refractivity contribution in [3.05, 3.63) is 52.6 Å². The molecule has 3 rings (SSSR count). The molecule has 0 bridgehead atoms. The van der Waals surface area contributed by atoms with E-state index >= 15 is 0 Å². The first-order valence-electron chi connectivity index (χ1n) is 7.71. The third-order valence-corrected chi connectivity index (χ3v) is 4.48. The number of methoxy groups -OCH3 is 1. The van der Waals surface area contributed by atoms with Gasteiger partial charge in [-0.1, -0.05) is 11.3 Å². The zero-order chi connectivity index (χ0) is 17.6. The van der Waals surface area contributed by atoms with Crippen LogP contribution in [0.1, 0.15) is 6.42 Å². The number of nitro benzene ring substituents is 1. The normalized spacial score (nSPS) is 10.6. The number of hydrogen-bond acceptors (Lipinski definition) is 7. The molecule has 3 aromatic rings. The van der Waals surface area contributed by atoms with Gasteiger partial charge in [0.15, 0.2) is 5.13 Å². The highest BCUT2D eigenvalue weighted by Crippen LogP contribution is 2.29. The van der Waals surface area contributed by atoms with Gasteiger partial charge >= 0.3 is 0 Å². The Morgan fingerprint density at radius 3 is 2.68 bits per heavy atom. The first-order valence-corrected chi connectivity index (χ1v) is 8.53. The van der Waals surface area contributed by atoms with Gasteiger partial charge in [-0.2, -0.15) is 0 Å². The van der Waals surface area contributed by atoms with Crippen LogP contribution >= 0.6 is 11.3 Å². The van der Waals surface area contributed by atoms with E-state index in [0.717, 1.165) is 33.3 Å². The average Bonchev–Trinajstić information content (AvgIpc) is 3.03. The minimum Gasteiger partial charge on any atom is -0.497 e. The predicted octanol–water partition coefficient (Wildman–Crippen LogP) is 4.09. The van der Waals surface area contributed by atoms with E-state index in [1.54, 1.807) is 19.2 Å². The van der Waals surface area contributed by atoms with Gasteiger partial charge in [0.25, 0.3) is 5.69 Å². The Hall–Kier alpha value is -2.87. The second-order valence-electron chi connectivity index (χ2n) is 5.23. The first-order chi connectivity index (χ1) is 12.2. The number of rotatable bonds is 8. The van der Waals surface area contributed by atoms with Crippen molar-refractivity contribution in [1.82, 2.24) is 4.98 Å². The standard InChI is InChI=1S/C17H17N3O4S/c1-23-13-4-6-14(7-5-13)24-10-2-9-18-17-19-15-8-3-12(20(21)22)11-16(15)25-17/h3-8,11H,2,9-10H2,1H3,(H,18,19). The third-order valence-electron chi connectivity index (χ3n) is 3.51. The van der Waals surface area contributed by atoms with E-state index in [1.165, 1.54) is 17.4 Å². The molecule has 1 aromatic heterocycles. The molecule has 0 saturated heterocycles. The smallest absolute Gasteiger partial charge is 0.270 e. The summed E-state index contributed by atoms with van der Waals surface area (Å²) in [5.41, 5.74) is 0.836. The van der Waals surface area contributed by atoms with Gasteiger partial charge in [0.05, 0.1) is 28.9 Å². The zero-order valence-corrected chi connectivity index (χ0v) is 14.4. The number of nitro groups is 1. The molecule has 1 heterocycles. The predicted molar refractivity (Wildman–Crippen MR) is 97.9 cm³/mol. The highest BCUT2D eigenvalue weighted by Gasteiger charge is 2.09. The Morgan fingerprint density at radius 2 is 1.96 bits per heavy atom. The van der Waals surface area contributed by atoms with Crippen LogP contribution in [-0.2, 0) is 0 Å². The summed E-state index contributed by atoms with van der Waals surface area (Å²) in [6.07, 6.45) is 0.808. The molecule has 0 amide bonds. The van der Waals surface area contributed by atoms with Crippen molar-refractivity contribution in [1.29, 1.82) is 0 Å². The third kappa shape index (κ3) is 4.36. The number of aromatic nitrogens is 1. The van der Waals surface area contributed by atoms with Crippen molar-refractivity contribution in [2.24, 2.45) is 0 Å². The summed E-state index contributed by atoms with van der Waals surface area (Å²) in [4.78, 5) is 14.8. The summed E-state index contributed by atoms with van der Waals surface area (Å²) in [7, 11) is 1.63. The molecule has 7 nitrogen and oxygen atoms in total. The summed E-state index contributed by atoms with van der Waals surface area (Å²) in [5, 5.41) is 14.8. The maximum atomic E-state index is 10.8. The summed E-state index contributed by atoms with van der Waals surface area (Å²) in [5.74, 6) is 1.60. The van der Waals surface area contributed by atoms with Crippen LogP contribution in [0.3, 0.4) is 0 Å². The minimum absolute atomic E-state index is 0.0793. The van der Waals surface area contributed by atoms with E-state index in [2.05, 4.69) is 10.3 Å². The molecular weight excluding hydrogens is 342 g/mol. The second-order valence-corrected chi connectivity index (χ2v) is 6.26. The molecule has 0 saturated carbocycles. The Balaban J connectivity index is 1.47. The largest absolute Gasteiger partial charge is 0.497 e. The van der Waals surface area contributed by atoms with Crippen molar-refractivity contribution in [2.45, 2.75) is 6.42 Å². The number of fused-ring (bicyclic) bond motifs is 1. The van der Waals surface area contributed by atoms with Crippen molar-refractivity contribution in [2.75, 3.05) is 25.6 Å². The monoisotopic (exact) mass is 359 g/mol. The summed E-state index contributed by atoms with van der Waals surface area (Å²) in [6, 6.07) is 12.1. The lowest BCUT2D eigenvalue weighted by Crippen LogP contribution is -2.07. The molecule has 8 heteroatoms. The maximum absolute atomic E-state index is 10.8. The zero-order valence-electron chi connectivity index (χ0n) is 13.6. The molecule has 0 atom stereocenters. The van der Waals surface area contributed by atoms with Gasteiger partial charge in [0.2, 0.25) is 0 Å². The number of ether oxygens (including phenoxy) is 2. The van der Waals surface area contributed by atoms with Crippen LogP contribution < -0.4 is 14.8 Å². The Labute approximate surface area is 148 Å². The van der Waals surface area contributed by atoms with E-state index in [9.17, 15) is 10.1 Å². The van der Waals surface area contributed by atoms with Gasteiger partial charge in [0.1, 0.15) is 11.5 Å². The maximum Gasteiger partial charge on any atom is 0.270 e. The van der Waals surface area contributed by atoms with Crippen molar-refractivity contribution >= 4 is 32.4 Å². The van der Waals surface area contributed by atoms with Crippen LogP contribution in [-0.4, -0.2) is 30.2 Å². The van der Waals surface area contributed by atoms with Gasteiger partial charge in [-0.3, -0.25) is 10.1 Å². The molecule has 25 heavy (non-hydrogen) atoms. The molecule has 1 N–H and O–H groups in total. The van der Waals surface area contributed by atoms with E-state index in [-0.39, 0.29) is 5.69 Å². The Morgan fingerprint density at radius 1 is 1.20 bits per heavy atom. The van der Waals surface area contributed by atoms with Gasteiger partial charge in [-0.15, -0.1) is 0 Å². The van der Waals surface area contributed by atoms with E-state index in [4.69, 9.17) is 9.47 Å². The second kappa shape index (κ2) is 7.80. The molecule has 0 spiro atoms. The van der Waals surface area contributed by atoms with Crippen LogP contribution in [0.15, 0.2) is 42.5 Å². The molecular formula is C17H17N3O4S. The number of benzene rings is 2. The first kappa shape index (κ1) is 17.0. The molecule has 2 aromatic carbocycles. The van der Waals surface area contributed by atoms with Gasteiger partial charge in [-0.05, 0) is 36.8 Å². The van der Waals surface area contributed by atoms with Crippen molar-refractivity contribution < 1.29 is 14.4 Å². The van der Waals surface area contributed by atoms with Crippen LogP contribution in [0.25, 0.3) is 10.2 Å². The summed E-state index contributed by atoms with van der Waals surface area (Å²) in [6.45, 7) is 1.29. The number of anilines is 1. The number of nitrogens with zero attached hydrogens (tertiary/aromatic N) is 2. The summed E-state index contributed by atoms with van der Waals surface area (Å²) >= 11 is 1.41. The molecule has 0 radical (unpaired) electrons. The fraction of sp³-hybridized carbons (Fsp3) is 0.235. The Kier molecular flexibility index (Phi) is 5.30. The SMILES string of the molecule is COc1ccc(OCCCNc2nc3ccc([N+](=O)[O-])cc3s2)cc1. The lowest BCUT2D eigenvalue weighted by Gasteiger charge is -2.07. The molecule has 0 aliphatic carbocycles. The van der Waals surface area contributed by atoms with Gasteiger partial charge < -0.3 is 14.8 Å². The van der Waals surface area contributed by atoms with Gasteiger partial charge in [-0.25, -0.2) is 4.98 Å². The van der Waals surface area contributed by atoms with Crippen LogP contribution in [0, 0.1) is 10.1 Å². The summed E-state index contributed by atoms with van der Waals surface area (Å²) < 4.78 is 11.6. The molecule has 130 valence electrons. The molecule has 0 aliphatic rings. The highest BCUT2D eigenvalue weighted by atomic mass is 32.1. The van der Waals surface area contributed by atoms with Gasteiger partial charge in [0, 0.05) is 18.7 Å². The quantitative estimate of drug-likeness (QED) is 0.370. The lowest BCUT2D eigenvalue weighted by atomic mass is 10.3. The fourth-order valence-corrected chi connectivity index (χ4v) is 3.16. The number of thiazole rings is 1. The fourth-order valence-electron chi connectivity index (χ4n) is 2.23. The molecule has 0 fully saturated rings. The number of nitrogens with one attached hydrogen (secondary N) is 1. The van der Waals surface area contributed by atoms with Crippen molar-refractivity contribution in [3.8, 4) is 11.5 Å². The van der Waals surface area contributed by atoms with Crippen LogP contribution in [0.4, 0.5) is 10.8 Å². The lowest BCUT2D eigenvalue weighted by molar-refractivity contribution is -0.384. The van der Waals surface area contributed by atoms with Crippen LogP contribution in [0.5, 0.6) is 11.5 Å². The van der Waals surface area contributed by atoms with Crippen molar-refractivity contribution in [3.63, 3.8) is 0 Å². The van der Waals surface area contributed by atoms with E-state index < -0.39 is 4.92 Å². The molecule has 0 unspecified atom stereocenters. The number of non-ortho nitro benzene ring substituents is 1. The minimum atomic E-state index is -0.400. The molecule has 0 aliphatic heterocycles.